The van der Waals surface area contributed by atoms with Gasteiger partial charge in [0, 0.05) is 18.7 Å². The smallest absolute Gasteiger partial charge is 0.363 e. The lowest BCUT2D eigenvalue weighted by atomic mass is 10.3. The Bertz CT molecular complexity index is 490. The Morgan fingerprint density at radius 3 is 2.68 bits per heavy atom. The van der Waals surface area contributed by atoms with E-state index in [2.05, 4.69) is 10.3 Å². The lowest BCUT2D eigenvalue weighted by Gasteiger charge is -2.11. The van der Waals surface area contributed by atoms with Crippen molar-refractivity contribution in [1.29, 1.82) is 0 Å². The fourth-order valence-electron chi connectivity index (χ4n) is 1.17. The number of thioether (sulfide) groups is 1. The highest BCUT2D eigenvalue weighted by Crippen LogP contribution is 2.19. The van der Waals surface area contributed by atoms with Crippen LogP contribution in [0.2, 0.25) is 0 Å². The molecule has 1 rings (SSSR count). The summed E-state index contributed by atoms with van der Waals surface area (Å²) >= 11 is 1.14. The molecule has 0 aliphatic heterocycles. The molecule has 0 bridgehead atoms. The van der Waals surface area contributed by atoms with Gasteiger partial charge in [-0.25, -0.2) is 4.79 Å². The number of hydrogen-bond donors (Lipinski definition) is 2. The van der Waals surface area contributed by atoms with Crippen LogP contribution < -0.4 is 5.32 Å². The number of nitrogens with one attached hydrogen (secondary N) is 1. The van der Waals surface area contributed by atoms with Crippen LogP contribution in [0.4, 0.5) is 5.82 Å². The maximum atomic E-state index is 10.9. The molecule has 19 heavy (non-hydrogen) atoms. The van der Waals surface area contributed by atoms with Crippen LogP contribution in [0.3, 0.4) is 0 Å². The number of carbonyl (C=O) groups is 2. The third-order valence-electron chi connectivity index (χ3n) is 2.00. The monoisotopic (exact) mass is 285 g/mol. The Labute approximate surface area is 112 Å². The number of nitrogens with zero attached hydrogens (tertiary/aromatic N) is 2. The van der Waals surface area contributed by atoms with E-state index in [0.29, 0.717) is 4.90 Å². The standard InChI is InChI=1S/C10H11N3O5S/c1-6(14)12-8(10(15)16)5-19-7-2-3-9(11-4-7)13(17)18/h2-4,8H,5H2,1H3,(H,12,14)(H,15,16). The van der Waals surface area contributed by atoms with Crippen molar-refractivity contribution < 1.29 is 19.6 Å². The van der Waals surface area contributed by atoms with Crippen molar-refractivity contribution in [2.45, 2.75) is 17.9 Å². The van der Waals surface area contributed by atoms with Crippen molar-refractivity contribution in [2.24, 2.45) is 0 Å². The summed E-state index contributed by atoms with van der Waals surface area (Å²) in [4.78, 5) is 35.7. The number of nitro groups is 1. The fraction of sp³-hybridized carbons (Fsp3) is 0.300. The lowest BCUT2D eigenvalue weighted by Crippen LogP contribution is -2.41. The van der Waals surface area contributed by atoms with E-state index in [4.69, 9.17) is 5.11 Å². The molecule has 0 fully saturated rings. The van der Waals surface area contributed by atoms with E-state index in [-0.39, 0.29) is 11.6 Å². The van der Waals surface area contributed by atoms with Crippen molar-refractivity contribution in [1.82, 2.24) is 10.3 Å². The van der Waals surface area contributed by atoms with Crippen LogP contribution >= 0.6 is 11.8 Å². The zero-order chi connectivity index (χ0) is 14.4. The summed E-state index contributed by atoms with van der Waals surface area (Å²) in [7, 11) is 0. The van der Waals surface area contributed by atoms with E-state index in [9.17, 15) is 19.7 Å². The molecule has 0 aliphatic carbocycles. The molecule has 0 aromatic carbocycles. The van der Waals surface area contributed by atoms with Crippen LogP contribution in [0.1, 0.15) is 6.92 Å². The van der Waals surface area contributed by atoms with Crippen molar-refractivity contribution in [3.63, 3.8) is 0 Å². The second-order valence-corrected chi connectivity index (χ2v) is 4.60. The second-order valence-electron chi connectivity index (χ2n) is 3.51. The van der Waals surface area contributed by atoms with E-state index in [1.54, 1.807) is 0 Å². The Hall–Kier alpha value is -2.16. The van der Waals surface area contributed by atoms with Gasteiger partial charge >= 0.3 is 11.8 Å². The molecule has 2 N–H and O–H groups in total. The average molecular weight is 285 g/mol. The second kappa shape index (κ2) is 6.69. The molecular formula is C10H11N3O5S. The maximum absolute atomic E-state index is 10.9. The van der Waals surface area contributed by atoms with E-state index in [1.807, 2.05) is 0 Å². The van der Waals surface area contributed by atoms with Crippen molar-refractivity contribution in [2.75, 3.05) is 5.75 Å². The summed E-state index contributed by atoms with van der Waals surface area (Å²) in [5.74, 6) is -1.75. The minimum absolute atomic E-state index is 0.106. The molecule has 1 heterocycles. The summed E-state index contributed by atoms with van der Waals surface area (Å²) in [6, 6.07) is 1.69. The average Bonchev–Trinajstić information content (AvgIpc) is 2.34. The van der Waals surface area contributed by atoms with Gasteiger partial charge in [-0.3, -0.25) is 4.79 Å². The number of aromatic nitrogens is 1. The predicted molar refractivity (Wildman–Crippen MR) is 66.9 cm³/mol. The molecule has 1 amide bonds. The number of hydrogen-bond acceptors (Lipinski definition) is 6. The number of amides is 1. The van der Waals surface area contributed by atoms with Crippen LogP contribution in [-0.2, 0) is 9.59 Å². The van der Waals surface area contributed by atoms with Gasteiger partial charge < -0.3 is 20.5 Å². The van der Waals surface area contributed by atoms with Gasteiger partial charge in [-0.15, -0.1) is 11.8 Å². The normalized spacial score (nSPS) is 11.6. The van der Waals surface area contributed by atoms with Crippen molar-refractivity contribution in [3.05, 3.63) is 28.4 Å². The molecule has 0 spiro atoms. The van der Waals surface area contributed by atoms with Crippen LogP contribution in [0.25, 0.3) is 0 Å². The minimum Gasteiger partial charge on any atom is -0.480 e. The van der Waals surface area contributed by atoms with Gasteiger partial charge in [-0.1, -0.05) is 0 Å². The molecule has 0 aliphatic rings. The van der Waals surface area contributed by atoms with E-state index >= 15 is 0 Å². The highest BCUT2D eigenvalue weighted by atomic mass is 32.2. The van der Waals surface area contributed by atoms with Gasteiger partial charge in [0.05, 0.1) is 4.90 Å². The number of carboxylic acids is 1. The molecular weight excluding hydrogens is 274 g/mol. The molecule has 0 saturated heterocycles. The number of carbonyl (C=O) groups excluding carboxylic acids is 1. The van der Waals surface area contributed by atoms with Gasteiger partial charge in [0.1, 0.15) is 6.04 Å². The first-order valence-electron chi connectivity index (χ1n) is 5.13. The largest absolute Gasteiger partial charge is 0.480 e. The van der Waals surface area contributed by atoms with Gasteiger partial charge in [-0.05, 0) is 16.0 Å². The number of rotatable bonds is 6. The fourth-order valence-corrected chi connectivity index (χ4v) is 2.04. The van der Waals surface area contributed by atoms with E-state index in [0.717, 1.165) is 11.8 Å². The quantitative estimate of drug-likeness (QED) is 0.447. The molecule has 1 aromatic rings. The minimum atomic E-state index is -1.14. The molecule has 1 atom stereocenters. The maximum Gasteiger partial charge on any atom is 0.363 e. The molecule has 1 unspecified atom stereocenters. The highest BCUT2D eigenvalue weighted by Gasteiger charge is 2.19. The zero-order valence-electron chi connectivity index (χ0n) is 9.90. The summed E-state index contributed by atoms with van der Waals surface area (Å²) < 4.78 is 0. The van der Waals surface area contributed by atoms with Gasteiger partial charge in [0.15, 0.2) is 6.20 Å². The van der Waals surface area contributed by atoms with Crippen molar-refractivity contribution in [3.8, 4) is 0 Å². The molecule has 0 radical (unpaired) electrons. The molecule has 9 heteroatoms. The SMILES string of the molecule is CC(=O)NC(CSc1ccc([N+](=O)[O-])nc1)C(=O)O. The molecule has 0 saturated carbocycles. The topological polar surface area (TPSA) is 122 Å². The van der Waals surface area contributed by atoms with E-state index in [1.165, 1.54) is 25.3 Å². The zero-order valence-corrected chi connectivity index (χ0v) is 10.7. The third-order valence-corrected chi connectivity index (χ3v) is 3.07. The highest BCUT2D eigenvalue weighted by molar-refractivity contribution is 7.99. The van der Waals surface area contributed by atoms with Gasteiger partial charge in [0.2, 0.25) is 5.91 Å². The number of aliphatic carboxylic acids is 1. The molecule has 1 aromatic heterocycles. The third kappa shape index (κ3) is 4.92. The van der Waals surface area contributed by atoms with E-state index < -0.39 is 22.8 Å². The summed E-state index contributed by atoms with van der Waals surface area (Å²) in [6.07, 6.45) is 1.29. The van der Waals surface area contributed by atoms with Gasteiger partial charge in [0.25, 0.3) is 0 Å². The summed E-state index contributed by atoms with van der Waals surface area (Å²) in [5.41, 5.74) is 0. The summed E-state index contributed by atoms with van der Waals surface area (Å²) in [6.45, 7) is 1.23. The van der Waals surface area contributed by atoms with Crippen LogP contribution in [-0.4, -0.2) is 38.7 Å². The first-order chi connectivity index (χ1) is 8.90. The van der Waals surface area contributed by atoms with Crippen LogP contribution in [0, 0.1) is 10.1 Å². The Kier molecular flexibility index (Phi) is 5.24. The van der Waals surface area contributed by atoms with Crippen molar-refractivity contribution >= 4 is 29.5 Å². The Morgan fingerprint density at radius 2 is 2.26 bits per heavy atom. The predicted octanol–water partition coefficient (Wildman–Crippen LogP) is 0.671. The summed E-state index contributed by atoms with van der Waals surface area (Å²) in [5, 5.41) is 21.6. The number of carboxylic acid groups (broad SMARTS) is 1. The van der Waals surface area contributed by atoms with Crippen LogP contribution in [0.15, 0.2) is 23.2 Å². The Morgan fingerprint density at radius 1 is 1.58 bits per heavy atom. The first kappa shape index (κ1) is 14.9. The van der Waals surface area contributed by atoms with Gasteiger partial charge in [-0.2, -0.15) is 0 Å². The molecule has 102 valence electrons. The Balaban J connectivity index is 2.61. The molecule has 8 nitrogen and oxygen atoms in total. The number of pyridine rings is 1. The lowest BCUT2D eigenvalue weighted by molar-refractivity contribution is -0.389. The first-order valence-corrected chi connectivity index (χ1v) is 6.12. The van der Waals surface area contributed by atoms with Crippen LogP contribution in [0.5, 0.6) is 0 Å².